The Morgan fingerprint density at radius 2 is 2.03 bits per heavy atom. The van der Waals surface area contributed by atoms with Crippen LogP contribution in [0.3, 0.4) is 0 Å². The van der Waals surface area contributed by atoms with Crippen LogP contribution < -0.4 is 11.1 Å². The Morgan fingerprint density at radius 1 is 1.24 bits per heavy atom. The first kappa shape index (κ1) is 19.1. The maximum atomic E-state index is 12.9. The van der Waals surface area contributed by atoms with Gasteiger partial charge in [-0.1, -0.05) is 19.1 Å². The van der Waals surface area contributed by atoms with Gasteiger partial charge in [-0.05, 0) is 36.0 Å². The van der Waals surface area contributed by atoms with Crippen molar-refractivity contribution in [2.75, 3.05) is 18.9 Å². The molecule has 2 aromatic heterocycles. The smallest absolute Gasteiger partial charge is 0.407 e. The lowest BCUT2D eigenvalue weighted by molar-refractivity contribution is 0.138. The Labute approximate surface area is 167 Å². The first-order valence-corrected chi connectivity index (χ1v) is 9.59. The van der Waals surface area contributed by atoms with E-state index in [1.807, 2.05) is 4.57 Å². The number of imidazole rings is 1. The minimum absolute atomic E-state index is 0.270. The fraction of sp³-hybridized carbons (Fsp3) is 0.400. The van der Waals surface area contributed by atoms with Crippen LogP contribution in [0, 0.1) is 23.6 Å². The van der Waals surface area contributed by atoms with Gasteiger partial charge in [0.05, 0.1) is 12.9 Å². The number of fused-ring (bicyclic) bond motifs is 1. The molecule has 8 nitrogen and oxygen atoms in total. The molecule has 0 bridgehead atoms. The highest BCUT2D eigenvalue weighted by Crippen LogP contribution is 2.47. The molecule has 1 aromatic carbocycles. The zero-order chi connectivity index (χ0) is 20.4. The lowest BCUT2D eigenvalue weighted by Crippen LogP contribution is -2.27. The highest BCUT2D eigenvalue weighted by Gasteiger charge is 2.47. The second-order valence-electron chi connectivity index (χ2n) is 7.42. The number of ether oxygens (including phenoxy) is 1. The summed E-state index contributed by atoms with van der Waals surface area (Å²) >= 11 is 0. The molecule has 2 heterocycles. The molecule has 4 rings (SSSR count). The Morgan fingerprint density at radius 3 is 2.83 bits per heavy atom. The number of halogens is 1. The molecule has 3 aromatic rings. The summed E-state index contributed by atoms with van der Waals surface area (Å²) < 4.78 is 20.2. The molecule has 1 saturated carbocycles. The zero-order valence-electron chi connectivity index (χ0n) is 16.1. The van der Waals surface area contributed by atoms with E-state index in [1.54, 1.807) is 18.5 Å². The Kier molecular flexibility index (Phi) is 5.28. The third-order valence-corrected chi connectivity index (χ3v) is 5.60. The van der Waals surface area contributed by atoms with Gasteiger partial charge in [-0.3, -0.25) is 0 Å². The second kappa shape index (κ2) is 8.02. The number of carbonyl (C=O) groups is 1. The normalized spacial score (nSPS) is 20.6. The van der Waals surface area contributed by atoms with Gasteiger partial charge in [0.15, 0.2) is 11.5 Å². The van der Waals surface area contributed by atoms with Crippen molar-refractivity contribution in [3.05, 3.63) is 48.3 Å². The van der Waals surface area contributed by atoms with Crippen molar-refractivity contribution < 1.29 is 13.9 Å². The molecule has 0 spiro atoms. The molecule has 3 atom stereocenters. The van der Waals surface area contributed by atoms with E-state index in [0.29, 0.717) is 48.7 Å². The van der Waals surface area contributed by atoms with Crippen molar-refractivity contribution in [2.24, 2.45) is 17.8 Å². The number of carbonyl (C=O) groups excluding carboxylic acids is 1. The zero-order valence-corrected chi connectivity index (χ0v) is 16.1. The third-order valence-electron chi connectivity index (χ3n) is 5.60. The fourth-order valence-corrected chi connectivity index (χ4v) is 3.66. The number of aromatic nitrogens is 4. The van der Waals surface area contributed by atoms with Crippen molar-refractivity contribution in [2.45, 2.75) is 19.9 Å². The molecule has 1 aliphatic rings. The molecule has 1 amide bonds. The monoisotopic (exact) mass is 398 g/mol. The average Bonchev–Trinajstić information content (AvgIpc) is 3.11. The van der Waals surface area contributed by atoms with Gasteiger partial charge in [0.2, 0.25) is 0 Å². The number of nitrogens with one attached hydrogen (secondary N) is 1. The van der Waals surface area contributed by atoms with Crippen molar-refractivity contribution in [3.8, 4) is 0 Å². The van der Waals surface area contributed by atoms with E-state index >= 15 is 0 Å². The van der Waals surface area contributed by atoms with Gasteiger partial charge in [0, 0.05) is 19.0 Å². The summed E-state index contributed by atoms with van der Waals surface area (Å²) in [6, 6.07) is 6.23. The molecular formula is C20H23FN6O2. The molecular weight excluding hydrogens is 375 g/mol. The van der Waals surface area contributed by atoms with Crippen molar-refractivity contribution in [1.29, 1.82) is 0 Å². The van der Waals surface area contributed by atoms with Crippen LogP contribution in [0.25, 0.3) is 11.2 Å². The van der Waals surface area contributed by atoms with E-state index in [2.05, 4.69) is 27.2 Å². The molecule has 0 saturated heterocycles. The van der Waals surface area contributed by atoms with Gasteiger partial charge in [0.25, 0.3) is 0 Å². The average molecular weight is 398 g/mol. The third kappa shape index (κ3) is 4.28. The highest BCUT2D eigenvalue weighted by atomic mass is 19.1. The van der Waals surface area contributed by atoms with E-state index in [-0.39, 0.29) is 5.82 Å². The number of hydrogen-bond donors (Lipinski definition) is 2. The summed E-state index contributed by atoms with van der Waals surface area (Å²) in [7, 11) is 0. The van der Waals surface area contributed by atoms with E-state index < -0.39 is 6.09 Å². The summed E-state index contributed by atoms with van der Waals surface area (Å²) in [6.07, 6.45) is 3.35. The molecule has 0 aliphatic heterocycles. The first-order valence-electron chi connectivity index (χ1n) is 9.59. The minimum atomic E-state index is -0.432. The van der Waals surface area contributed by atoms with Gasteiger partial charge >= 0.3 is 6.09 Å². The number of amides is 1. The van der Waals surface area contributed by atoms with Crippen LogP contribution in [0.2, 0.25) is 0 Å². The van der Waals surface area contributed by atoms with Crippen LogP contribution in [-0.4, -0.2) is 38.8 Å². The molecule has 1 fully saturated rings. The van der Waals surface area contributed by atoms with E-state index in [9.17, 15) is 9.18 Å². The topological polar surface area (TPSA) is 108 Å². The summed E-state index contributed by atoms with van der Waals surface area (Å²) in [4.78, 5) is 24.4. The molecule has 0 radical (unpaired) electrons. The first-order chi connectivity index (χ1) is 14.0. The van der Waals surface area contributed by atoms with Crippen LogP contribution in [0.15, 0.2) is 36.9 Å². The standard InChI is InChI=1S/C20H23FN6O2/c1-12-15(8-27-11-26-17-18(22)24-10-25-19(17)27)16(12)9-29-20(28)23-7-6-13-2-4-14(21)5-3-13/h2-5,10-12,15-16H,6-9H2,1H3,(H,23,28)(H2,22,24,25)/t12-,15+,16-/m1/s1. The van der Waals surface area contributed by atoms with Crippen molar-refractivity contribution in [1.82, 2.24) is 24.8 Å². The number of alkyl carbamates (subject to hydrolysis) is 1. The number of nitrogens with zero attached hydrogens (tertiary/aromatic N) is 4. The molecule has 0 unspecified atom stereocenters. The largest absolute Gasteiger partial charge is 0.449 e. The van der Waals surface area contributed by atoms with Crippen LogP contribution in [-0.2, 0) is 17.7 Å². The number of hydrogen-bond acceptors (Lipinski definition) is 6. The number of anilines is 1. The van der Waals surface area contributed by atoms with Gasteiger partial charge in [-0.15, -0.1) is 0 Å². The quantitative estimate of drug-likeness (QED) is 0.633. The summed E-state index contributed by atoms with van der Waals surface area (Å²) in [5.74, 6) is 1.23. The van der Waals surface area contributed by atoms with Gasteiger partial charge in [0.1, 0.15) is 17.7 Å². The van der Waals surface area contributed by atoms with Crippen LogP contribution in [0.1, 0.15) is 12.5 Å². The van der Waals surface area contributed by atoms with E-state index in [4.69, 9.17) is 10.5 Å². The summed E-state index contributed by atoms with van der Waals surface area (Å²) in [5.41, 5.74) is 8.11. The molecule has 3 N–H and O–H groups in total. The SMILES string of the molecule is C[C@H]1[C@@H](COC(=O)NCCc2ccc(F)cc2)[C@H]1Cn1cnc2c(N)ncnc21. The van der Waals surface area contributed by atoms with Crippen LogP contribution >= 0.6 is 0 Å². The van der Waals surface area contributed by atoms with Crippen LogP contribution in [0.4, 0.5) is 15.0 Å². The van der Waals surface area contributed by atoms with E-state index in [0.717, 1.165) is 17.8 Å². The van der Waals surface area contributed by atoms with Gasteiger partial charge in [-0.25, -0.2) is 24.1 Å². The Bertz CT molecular complexity index is 1010. The predicted octanol–water partition coefficient (Wildman–Crippen LogP) is 2.40. The van der Waals surface area contributed by atoms with E-state index in [1.165, 1.54) is 18.5 Å². The highest BCUT2D eigenvalue weighted by molar-refractivity contribution is 5.81. The lowest BCUT2D eigenvalue weighted by atomic mass is 10.1. The van der Waals surface area contributed by atoms with Gasteiger partial charge < -0.3 is 20.4 Å². The summed E-state index contributed by atoms with van der Waals surface area (Å²) in [6.45, 7) is 3.70. The lowest BCUT2D eigenvalue weighted by Gasteiger charge is -2.07. The molecule has 152 valence electrons. The molecule has 1 aliphatic carbocycles. The van der Waals surface area contributed by atoms with Gasteiger partial charge in [-0.2, -0.15) is 0 Å². The Hall–Kier alpha value is -3.23. The second-order valence-corrected chi connectivity index (χ2v) is 7.42. The maximum absolute atomic E-state index is 12.9. The number of nitrogen functional groups attached to an aromatic ring is 1. The fourth-order valence-electron chi connectivity index (χ4n) is 3.66. The molecule has 29 heavy (non-hydrogen) atoms. The number of nitrogens with two attached hydrogens (primary N) is 1. The minimum Gasteiger partial charge on any atom is -0.449 e. The van der Waals surface area contributed by atoms with Crippen molar-refractivity contribution >= 4 is 23.1 Å². The maximum Gasteiger partial charge on any atom is 0.407 e. The Balaban J connectivity index is 1.21. The number of rotatable bonds is 7. The van der Waals surface area contributed by atoms with Crippen LogP contribution in [0.5, 0.6) is 0 Å². The predicted molar refractivity (Wildman–Crippen MR) is 105 cm³/mol. The number of benzene rings is 1. The van der Waals surface area contributed by atoms with Crippen molar-refractivity contribution in [3.63, 3.8) is 0 Å². The molecule has 9 heteroatoms. The summed E-state index contributed by atoms with van der Waals surface area (Å²) in [5, 5.41) is 2.73.